The minimum absolute atomic E-state index is 0.135. The third-order valence-corrected chi connectivity index (χ3v) is 2.49. The SMILES string of the molecule is CN(C(=O)c1cnn(C)c1)c1ccc(O)cc1. The summed E-state index contributed by atoms with van der Waals surface area (Å²) in [5.41, 5.74) is 1.25. The topological polar surface area (TPSA) is 58.4 Å². The van der Waals surface area contributed by atoms with Gasteiger partial charge in [-0.2, -0.15) is 5.10 Å². The lowest BCUT2D eigenvalue weighted by Crippen LogP contribution is -2.25. The number of hydrogen-bond acceptors (Lipinski definition) is 3. The Balaban J connectivity index is 2.23. The molecule has 0 bridgehead atoms. The highest BCUT2D eigenvalue weighted by atomic mass is 16.3. The van der Waals surface area contributed by atoms with Gasteiger partial charge in [-0.05, 0) is 24.3 Å². The Morgan fingerprint density at radius 3 is 2.53 bits per heavy atom. The number of carbonyl (C=O) groups excluding carboxylic acids is 1. The molecular formula is C12H13N3O2. The van der Waals surface area contributed by atoms with E-state index in [0.29, 0.717) is 5.56 Å². The van der Waals surface area contributed by atoms with Crippen molar-refractivity contribution in [2.75, 3.05) is 11.9 Å². The molecule has 0 spiro atoms. The van der Waals surface area contributed by atoms with Gasteiger partial charge in [0.1, 0.15) is 5.75 Å². The van der Waals surface area contributed by atoms with Crippen molar-refractivity contribution < 1.29 is 9.90 Å². The van der Waals surface area contributed by atoms with E-state index in [1.807, 2.05) is 0 Å². The molecule has 0 aliphatic rings. The zero-order valence-electron chi connectivity index (χ0n) is 9.66. The maximum atomic E-state index is 12.1. The molecule has 2 aromatic rings. The molecule has 1 aromatic carbocycles. The van der Waals surface area contributed by atoms with Crippen LogP contribution in [-0.2, 0) is 7.05 Å². The highest BCUT2D eigenvalue weighted by Gasteiger charge is 2.14. The summed E-state index contributed by atoms with van der Waals surface area (Å²) < 4.78 is 1.58. The molecule has 2 rings (SSSR count). The second-order valence-electron chi connectivity index (χ2n) is 3.78. The smallest absolute Gasteiger partial charge is 0.261 e. The first kappa shape index (κ1) is 11.2. The molecule has 0 fully saturated rings. The van der Waals surface area contributed by atoms with Gasteiger partial charge < -0.3 is 10.0 Å². The normalized spacial score (nSPS) is 10.2. The molecule has 5 heteroatoms. The summed E-state index contributed by atoms with van der Waals surface area (Å²) in [5.74, 6) is 0.0415. The summed E-state index contributed by atoms with van der Waals surface area (Å²) >= 11 is 0. The number of phenols is 1. The Labute approximate surface area is 98.9 Å². The van der Waals surface area contributed by atoms with Gasteiger partial charge in [-0.3, -0.25) is 9.48 Å². The second-order valence-corrected chi connectivity index (χ2v) is 3.78. The van der Waals surface area contributed by atoms with Gasteiger partial charge in [0.2, 0.25) is 0 Å². The number of phenolic OH excluding ortho intramolecular Hbond substituents is 1. The van der Waals surface area contributed by atoms with E-state index in [-0.39, 0.29) is 11.7 Å². The van der Waals surface area contributed by atoms with Gasteiger partial charge in [0.15, 0.2) is 0 Å². The van der Waals surface area contributed by atoms with E-state index in [0.717, 1.165) is 5.69 Å². The van der Waals surface area contributed by atoms with Crippen molar-refractivity contribution in [2.45, 2.75) is 0 Å². The number of amides is 1. The van der Waals surface area contributed by atoms with E-state index < -0.39 is 0 Å². The Bertz CT molecular complexity index is 531. The van der Waals surface area contributed by atoms with E-state index >= 15 is 0 Å². The van der Waals surface area contributed by atoms with Crippen molar-refractivity contribution in [2.24, 2.45) is 7.05 Å². The fourth-order valence-corrected chi connectivity index (χ4v) is 1.52. The first-order valence-corrected chi connectivity index (χ1v) is 5.13. The molecule has 1 heterocycles. The maximum Gasteiger partial charge on any atom is 0.261 e. The summed E-state index contributed by atoms with van der Waals surface area (Å²) in [5, 5.41) is 13.1. The molecular weight excluding hydrogens is 218 g/mol. The van der Waals surface area contributed by atoms with Crippen LogP contribution >= 0.6 is 0 Å². The Kier molecular flexibility index (Phi) is 2.82. The van der Waals surface area contributed by atoms with Crippen LogP contribution in [0.3, 0.4) is 0 Å². The van der Waals surface area contributed by atoms with Crippen LogP contribution in [-0.4, -0.2) is 27.8 Å². The van der Waals surface area contributed by atoms with Crippen molar-refractivity contribution in [1.29, 1.82) is 0 Å². The van der Waals surface area contributed by atoms with Crippen LogP contribution in [0.2, 0.25) is 0 Å². The number of carbonyl (C=O) groups is 1. The maximum absolute atomic E-state index is 12.1. The number of aromatic hydroxyl groups is 1. The van der Waals surface area contributed by atoms with Crippen molar-refractivity contribution in [3.8, 4) is 5.75 Å². The van der Waals surface area contributed by atoms with Crippen molar-refractivity contribution in [3.05, 3.63) is 42.2 Å². The van der Waals surface area contributed by atoms with Crippen LogP contribution in [0.4, 0.5) is 5.69 Å². The second kappa shape index (κ2) is 4.29. The third-order valence-electron chi connectivity index (χ3n) is 2.49. The van der Waals surface area contributed by atoms with E-state index in [9.17, 15) is 9.90 Å². The van der Waals surface area contributed by atoms with Crippen molar-refractivity contribution >= 4 is 11.6 Å². The molecule has 88 valence electrons. The van der Waals surface area contributed by atoms with Gasteiger partial charge in [-0.25, -0.2) is 0 Å². The van der Waals surface area contributed by atoms with Crippen LogP contribution in [0, 0.1) is 0 Å². The number of aryl methyl sites for hydroxylation is 1. The van der Waals surface area contributed by atoms with E-state index in [2.05, 4.69) is 5.10 Å². The van der Waals surface area contributed by atoms with Crippen LogP contribution in [0.1, 0.15) is 10.4 Å². The molecule has 5 nitrogen and oxygen atoms in total. The van der Waals surface area contributed by atoms with Crippen LogP contribution in [0.5, 0.6) is 5.75 Å². The molecule has 0 saturated heterocycles. The number of nitrogens with zero attached hydrogens (tertiary/aromatic N) is 3. The Morgan fingerprint density at radius 1 is 1.35 bits per heavy atom. The van der Waals surface area contributed by atoms with Gasteiger partial charge in [0, 0.05) is 26.0 Å². The van der Waals surface area contributed by atoms with Crippen molar-refractivity contribution in [1.82, 2.24) is 9.78 Å². The van der Waals surface area contributed by atoms with Crippen LogP contribution < -0.4 is 4.90 Å². The summed E-state index contributed by atoms with van der Waals surface area (Å²) in [6.45, 7) is 0. The third kappa shape index (κ3) is 2.28. The molecule has 0 radical (unpaired) electrons. The van der Waals surface area contributed by atoms with Crippen LogP contribution in [0.15, 0.2) is 36.7 Å². The minimum atomic E-state index is -0.135. The first-order valence-electron chi connectivity index (χ1n) is 5.13. The quantitative estimate of drug-likeness (QED) is 0.850. The Hall–Kier alpha value is -2.30. The molecule has 1 amide bonds. The number of benzene rings is 1. The van der Waals surface area contributed by atoms with Crippen LogP contribution in [0.25, 0.3) is 0 Å². The van der Waals surface area contributed by atoms with Crippen molar-refractivity contribution in [3.63, 3.8) is 0 Å². The highest BCUT2D eigenvalue weighted by Crippen LogP contribution is 2.18. The predicted molar refractivity (Wildman–Crippen MR) is 64.0 cm³/mol. The molecule has 0 saturated carbocycles. The molecule has 1 N–H and O–H groups in total. The summed E-state index contributed by atoms with van der Waals surface area (Å²) in [7, 11) is 3.44. The van der Waals surface area contributed by atoms with E-state index in [1.54, 1.807) is 49.2 Å². The predicted octanol–water partition coefficient (Wildman–Crippen LogP) is 1.40. The fraction of sp³-hybridized carbons (Fsp3) is 0.167. The number of anilines is 1. The largest absolute Gasteiger partial charge is 0.508 e. The Morgan fingerprint density at radius 2 is 2.00 bits per heavy atom. The molecule has 0 unspecified atom stereocenters. The van der Waals surface area contributed by atoms with Gasteiger partial charge in [-0.1, -0.05) is 0 Å². The monoisotopic (exact) mass is 231 g/mol. The summed E-state index contributed by atoms with van der Waals surface area (Å²) in [6, 6.07) is 6.46. The lowest BCUT2D eigenvalue weighted by Gasteiger charge is -2.16. The molecule has 0 atom stereocenters. The summed E-state index contributed by atoms with van der Waals surface area (Å²) in [6.07, 6.45) is 3.19. The first-order chi connectivity index (χ1) is 8.08. The van der Waals surface area contributed by atoms with E-state index in [1.165, 1.54) is 11.1 Å². The molecule has 0 aliphatic carbocycles. The highest BCUT2D eigenvalue weighted by molar-refractivity contribution is 6.05. The lowest BCUT2D eigenvalue weighted by atomic mass is 10.2. The summed E-state index contributed by atoms with van der Waals surface area (Å²) in [4.78, 5) is 13.6. The fourth-order valence-electron chi connectivity index (χ4n) is 1.52. The van der Waals surface area contributed by atoms with Gasteiger partial charge in [0.25, 0.3) is 5.91 Å². The molecule has 0 aliphatic heterocycles. The number of aromatic nitrogens is 2. The lowest BCUT2D eigenvalue weighted by molar-refractivity contribution is 0.0993. The number of hydrogen-bond donors (Lipinski definition) is 1. The standard InChI is InChI=1S/C12H13N3O2/c1-14-8-9(7-13-14)12(17)15(2)10-3-5-11(16)6-4-10/h3-8,16H,1-2H3. The number of rotatable bonds is 2. The zero-order chi connectivity index (χ0) is 12.4. The average molecular weight is 231 g/mol. The van der Waals surface area contributed by atoms with Gasteiger partial charge >= 0.3 is 0 Å². The molecule has 1 aromatic heterocycles. The van der Waals surface area contributed by atoms with Gasteiger partial charge in [0.05, 0.1) is 11.8 Å². The van der Waals surface area contributed by atoms with Gasteiger partial charge in [-0.15, -0.1) is 0 Å². The van der Waals surface area contributed by atoms with E-state index in [4.69, 9.17) is 0 Å². The average Bonchev–Trinajstić information content (AvgIpc) is 2.75. The minimum Gasteiger partial charge on any atom is -0.508 e. The molecule has 17 heavy (non-hydrogen) atoms. The zero-order valence-corrected chi connectivity index (χ0v) is 9.66.